The van der Waals surface area contributed by atoms with E-state index in [0.29, 0.717) is 24.7 Å². The van der Waals surface area contributed by atoms with Crippen LogP contribution in [0.25, 0.3) is 0 Å². The lowest BCUT2D eigenvalue weighted by atomic mass is 10.2. The number of pyridine rings is 1. The highest BCUT2D eigenvalue weighted by Gasteiger charge is 2.29. The van der Waals surface area contributed by atoms with Gasteiger partial charge in [0.1, 0.15) is 0 Å². The second-order valence-electron chi connectivity index (χ2n) is 6.23. The Kier molecular flexibility index (Phi) is 5.20. The number of carbonyl (C=O) groups excluding carboxylic acids is 1. The highest BCUT2D eigenvalue weighted by Crippen LogP contribution is 2.18. The standard InChI is InChI=1S/C17H23N5O2/c1-13-19-17(20-24-13)6-9-22(14(2)23)16-5-8-21(12-16)11-15-4-3-7-18-10-15/h3-4,7,10,16H,5-6,8-9,11-12H2,1-2H3. The number of rotatable bonds is 6. The molecular weight excluding hydrogens is 306 g/mol. The van der Waals surface area contributed by atoms with E-state index in [-0.39, 0.29) is 11.9 Å². The van der Waals surface area contributed by atoms with Gasteiger partial charge in [-0.25, -0.2) is 0 Å². The lowest BCUT2D eigenvalue weighted by Crippen LogP contribution is -2.42. The number of likely N-dealkylation sites (tertiary alicyclic amines) is 1. The molecule has 0 aromatic carbocycles. The number of nitrogens with zero attached hydrogens (tertiary/aromatic N) is 5. The summed E-state index contributed by atoms with van der Waals surface area (Å²) in [5.41, 5.74) is 1.20. The minimum absolute atomic E-state index is 0.100. The summed E-state index contributed by atoms with van der Waals surface area (Å²) in [5.74, 6) is 1.32. The number of carbonyl (C=O) groups is 1. The molecular formula is C17H23N5O2. The first-order chi connectivity index (χ1) is 11.6. The average molecular weight is 329 g/mol. The quantitative estimate of drug-likeness (QED) is 0.798. The molecule has 3 rings (SSSR count). The Morgan fingerprint density at radius 2 is 2.38 bits per heavy atom. The summed E-state index contributed by atoms with van der Waals surface area (Å²) in [7, 11) is 0. The molecule has 1 saturated heterocycles. The monoisotopic (exact) mass is 329 g/mol. The summed E-state index contributed by atoms with van der Waals surface area (Å²) in [5, 5.41) is 3.90. The third-order valence-electron chi connectivity index (χ3n) is 4.37. The van der Waals surface area contributed by atoms with Crippen LogP contribution >= 0.6 is 0 Å². The SMILES string of the molecule is CC(=O)N(CCc1noc(C)n1)C1CCN(Cc2cccnc2)C1. The van der Waals surface area contributed by atoms with Crippen LogP contribution in [0.2, 0.25) is 0 Å². The molecule has 0 N–H and O–H groups in total. The van der Waals surface area contributed by atoms with Crippen LogP contribution in [0.3, 0.4) is 0 Å². The van der Waals surface area contributed by atoms with Crippen LogP contribution in [0.15, 0.2) is 29.0 Å². The lowest BCUT2D eigenvalue weighted by molar-refractivity contribution is -0.130. The Balaban J connectivity index is 1.55. The molecule has 7 nitrogen and oxygen atoms in total. The summed E-state index contributed by atoms with van der Waals surface area (Å²) < 4.78 is 4.99. The van der Waals surface area contributed by atoms with Crippen molar-refractivity contribution in [3.05, 3.63) is 41.8 Å². The number of aromatic nitrogens is 3. The zero-order valence-corrected chi connectivity index (χ0v) is 14.2. The van der Waals surface area contributed by atoms with E-state index in [1.54, 1.807) is 20.0 Å². The zero-order valence-electron chi connectivity index (χ0n) is 14.2. The van der Waals surface area contributed by atoms with Gasteiger partial charge in [0.15, 0.2) is 5.82 Å². The molecule has 0 aliphatic carbocycles. The molecule has 24 heavy (non-hydrogen) atoms. The first-order valence-electron chi connectivity index (χ1n) is 8.29. The molecule has 2 aromatic rings. The van der Waals surface area contributed by atoms with Crippen molar-refractivity contribution in [2.75, 3.05) is 19.6 Å². The summed E-state index contributed by atoms with van der Waals surface area (Å²) >= 11 is 0. The third-order valence-corrected chi connectivity index (χ3v) is 4.37. The van der Waals surface area contributed by atoms with E-state index >= 15 is 0 Å². The molecule has 0 saturated carbocycles. The number of amides is 1. The van der Waals surface area contributed by atoms with Gasteiger partial charge in [0.05, 0.1) is 0 Å². The van der Waals surface area contributed by atoms with Crippen LogP contribution in [0.1, 0.15) is 30.6 Å². The van der Waals surface area contributed by atoms with E-state index < -0.39 is 0 Å². The Labute approximate surface area is 141 Å². The smallest absolute Gasteiger partial charge is 0.223 e. The van der Waals surface area contributed by atoms with Gasteiger partial charge in [0.25, 0.3) is 0 Å². The van der Waals surface area contributed by atoms with Gasteiger partial charge in [-0.3, -0.25) is 14.7 Å². The Hall–Kier alpha value is -2.28. The average Bonchev–Trinajstić information content (AvgIpc) is 3.18. The van der Waals surface area contributed by atoms with E-state index in [2.05, 4.69) is 26.1 Å². The molecule has 1 aliphatic heterocycles. The molecule has 128 valence electrons. The van der Waals surface area contributed by atoms with Crippen LogP contribution < -0.4 is 0 Å². The molecule has 1 aliphatic rings. The fourth-order valence-corrected chi connectivity index (χ4v) is 3.22. The molecule has 2 aromatic heterocycles. The second kappa shape index (κ2) is 7.53. The fraction of sp³-hybridized carbons (Fsp3) is 0.529. The van der Waals surface area contributed by atoms with Crippen LogP contribution in [-0.4, -0.2) is 56.5 Å². The highest BCUT2D eigenvalue weighted by molar-refractivity contribution is 5.73. The molecule has 0 radical (unpaired) electrons. The maximum atomic E-state index is 12.1. The fourth-order valence-electron chi connectivity index (χ4n) is 3.22. The second-order valence-corrected chi connectivity index (χ2v) is 6.23. The minimum atomic E-state index is 0.100. The zero-order chi connectivity index (χ0) is 16.9. The van der Waals surface area contributed by atoms with Gasteiger partial charge in [-0.1, -0.05) is 11.2 Å². The van der Waals surface area contributed by atoms with Crippen LogP contribution in [-0.2, 0) is 17.8 Å². The summed E-state index contributed by atoms with van der Waals surface area (Å²) in [6.45, 7) is 6.78. The van der Waals surface area contributed by atoms with Gasteiger partial charge < -0.3 is 9.42 Å². The molecule has 1 unspecified atom stereocenters. The molecule has 1 amide bonds. The summed E-state index contributed by atoms with van der Waals surface area (Å²) in [6.07, 6.45) is 5.29. The van der Waals surface area contributed by atoms with E-state index in [0.717, 1.165) is 26.1 Å². The number of aryl methyl sites for hydroxylation is 1. The van der Waals surface area contributed by atoms with Crippen molar-refractivity contribution in [2.45, 2.75) is 39.3 Å². The molecule has 7 heteroatoms. The lowest BCUT2D eigenvalue weighted by Gasteiger charge is -2.27. The summed E-state index contributed by atoms with van der Waals surface area (Å²) in [6, 6.07) is 4.28. The van der Waals surface area contributed by atoms with Crippen LogP contribution in [0, 0.1) is 6.92 Å². The molecule has 3 heterocycles. The van der Waals surface area contributed by atoms with Crippen LogP contribution in [0.5, 0.6) is 0 Å². The topological polar surface area (TPSA) is 75.4 Å². The van der Waals surface area contributed by atoms with Gasteiger partial charge in [-0.2, -0.15) is 4.98 Å². The van der Waals surface area contributed by atoms with E-state index in [1.807, 2.05) is 17.2 Å². The number of hydrogen-bond acceptors (Lipinski definition) is 6. The Morgan fingerprint density at radius 3 is 3.04 bits per heavy atom. The van der Waals surface area contributed by atoms with Gasteiger partial charge in [0, 0.05) is 64.9 Å². The largest absolute Gasteiger partial charge is 0.340 e. The molecule has 1 atom stereocenters. The highest BCUT2D eigenvalue weighted by atomic mass is 16.5. The van der Waals surface area contributed by atoms with Crippen molar-refractivity contribution in [3.63, 3.8) is 0 Å². The normalized spacial score (nSPS) is 18.0. The Bertz CT molecular complexity index is 673. The first kappa shape index (κ1) is 16.6. The van der Waals surface area contributed by atoms with E-state index in [4.69, 9.17) is 4.52 Å². The predicted octanol–water partition coefficient (Wildman–Crippen LogP) is 1.44. The van der Waals surface area contributed by atoms with Gasteiger partial charge in [-0.15, -0.1) is 0 Å². The van der Waals surface area contributed by atoms with Gasteiger partial charge in [-0.05, 0) is 18.1 Å². The first-order valence-corrected chi connectivity index (χ1v) is 8.29. The van der Waals surface area contributed by atoms with Crippen LogP contribution in [0.4, 0.5) is 0 Å². The summed E-state index contributed by atoms with van der Waals surface area (Å²) in [4.78, 5) is 24.7. The number of hydrogen-bond donors (Lipinski definition) is 0. The van der Waals surface area contributed by atoms with Gasteiger partial charge >= 0.3 is 0 Å². The van der Waals surface area contributed by atoms with Crippen molar-refractivity contribution >= 4 is 5.91 Å². The van der Waals surface area contributed by atoms with E-state index in [1.165, 1.54) is 5.56 Å². The van der Waals surface area contributed by atoms with Gasteiger partial charge in [0.2, 0.25) is 11.8 Å². The van der Waals surface area contributed by atoms with Crippen molar-refractivity contribution in [1.29, 1.82) is 0 Å². The molecule has 1 fully saturated rings. The minimum Gasteiger partial charge on any atom is -0.340 e. The van der Waals surface area contributed by atoms with E-state index in [9.17, 15) is 4.79 Å². The third kappa shape index (κ3) is 4.17. The van der Waals surface area contributed by atoms with Crippen molar-refractivity contribution in [3.8, 4) is 0 Å². The maximum Gasteiger partial charge on any atom is 0.223 e. The van der Waals surface area contributed by atoms with Crippen molar-refractivity contribution in [2.24, 2.45) is 0 Å². The molecule has 0 bridgehead atoms. The predicted molar refractivity (Wildman–Crippen MR) is 88.0 cm³/mol. The Morgan fingerprint density at radius 1 is 1.50 bits per heavy atom. The maximum absolute atomic E-state index is 12.1. The molecule has 0 spiro atoms. The van der Waals surface area contributed by atoms with Crippen molar-refractivity contribution in [1.82, 2.24) is 24.9 Å². The van der Waals surface area contributed by atoms with Crippen molar-refractivity contribution < 1.29 is 9.32 Å².